The monoisotopic (exact) mass is 384 g/mol. The Bertz CT molecular complexity index is 909. The average Bonchev–Trinajstić information content (AvgIpc) is 3.08. The summed E-state index contributed by atoms with van der Waals surface area (Å²) in [7, 11) is 1.53. The third-order valence-electron chi connectivity index (χ3n) is 4.61. The second kappa shape index (κ2) is 8.08. The van der Waals surface area contributed by atoms with Crippen LogP contribution in [0.1, 0.15) is 17.5 Å². The first kappa shape index (κ1) is 19.3. The first-order chi connectivity index (χ1) is 13.4. The molecule has 8 heteroatoms. The van der Waals surface area contributed by atoms with Crippen LogP contribution in [-0.2, 0) is 20.9 Å². The third kappa shape index (κ3) is 4.11. The van der Waals surface area contributed by atoms with Crippen LogP contribution in [0.2, 0.25) is 0 Å². The van der Waals surface area contributed by atoms with Crippen molar-refractivity contribution >= 4 is 23.3 Å². The number of non-ortho nitro benzene ring substituents is 1. The number of amides is 1. The van der Waals surface area contributed by atoms with E-state index in [1.54, 1.807) is 11.0 Å². The van der Waals surface area contributed by atoms with Gasteiger partial charge in [0.05, 0.1) is 23.6 Å². The normalized spacial score (nSPS) is 16.1. The molecule has 1 atom stereocenters. The Morgan fingerprint density at radius 2 is 1.96 bits per heavy atom. The number of nitro benzene ring substituents is 1. The molecule has 0 spiro atoms. The summed E-state index contributed by atoms with van der Waals surface area (Å²) in [5, 5.41) is 10.7. The van der Waals surface area contributed by atoms with E-state index in [1.165, 1.54) is 31.4 Å². The number of hydrogen-bond acceptors (Lipinski definition) is 6. The van der Waals surface area contributed by atoms with Crippen molar-refractivity contribution in [3.8, 4) is 5.75 Å². The minimum absolute atomic E-state index is 0.00468. The van der Waals surface area contributed by atoms with Crippen LogP contribution in [0.15, 0.2) is 42.5 Å². The van der Waals surface area contributed by atoms with Crippen LogP contribution in [0.25, 0.3) is 0 Å². The van der Waals surface area contributed by atoms with Crippen molar-refractivity contribution in [1.29, 1.82) is 0 Å². The molecule has 8 nitrogen and oxygen atoms in total. The molecule has 0 saturated carbocycles. The third-order valence-corrected chi connectivity index (χ3v) is 4.61. The number of methoxy groups -OCH3 is 1. The number of aryl methyl sites for hydroxylation is 1. The second-order valence-corrected chi connectivity index (χ2v) is 6.61. The molecule has 3 rings (SSSR count). The summed E-state index contributed by atoms with van der Waals surface area (Å²) in [6.45, 7) is 2.13. The van der Waals surface area contributed by atoms with E-state index in [9.17, 15) is 19.7 Å². The van der Waals surface area contributed by atoms with E-state index in [1.807, 2.05) is 19.1 Å². The zero-order chi connectivity index (χ0) is 20.3. The molecule has 28 heavy (non-hydrogen) atoms. The lowest BCUT2D eigenvalue weighted by molar-refractivity contribution is -0.384. The van der Waals surface area contributed by atoms with E-state index in [0.717, 1.165) is 5.56 Å². The van der Waals surface area contributed by atoms with Gasteiger partial charge in [0, 0.05) is 25.1 Å². The van der Waals surface area contributed by atoms with Crippen molar-refractivity contribution in [2.24, 2.45) is 5.92 Å². The summed E-state index contributed by atoms with van der Waals surface area (Å²) >= 11 is 0. The van der Waals surface area contributed by atoms with E-state index in [0.29, 0.717) is 17.0 Å². The molecule has 0 bridgehead atoms. The molecule has 0 aromatic heterocycles. The highest BCUT2D eigenvalue weighted by molar-refractivity contribution is 6.00. The molecule has 1 amide bonds. The topological polar surface area (TPSA) is 99.0 Å². The predicted octanol–water partition coefficient (Wildman–Crippen LogP) is 3.01. The molecule has 1 saturated heterocycles. The Balaban J connectivity index is 1.64. The molecule has 0 unspecified atom stereocenters. The Morgan fingerprint density at radius 3 is 2.61 bits per heavy atom. The summed E-state index contributed by atoms with van der Waals surface area (Å²) in [5.41, 5.74) is 2.23. The fourth-order valence-electron chi connectivity index (χ4n) is 3.10. The van der Waals surface area contributed by atoms with Gasteiger partial charge in [-0.15, -0.1) is 0 Å². The predicted molar refractivity (Wildman–Crippen MR) is 101 cm³/mol. The van der Waals surface area contributed by atoms with E-state index in [4.69, 9.17) is 9.47 Å². The number of anilines is 1. The minimum Gasteiger partial charge on any atom is -0.495 e. The molecule has 0 N–H and O–H groups in total. The number of rotatable bonds is 6. The highest BCUT2D eigenvalue weighted by atomic mass is 16.6. The molecular weight excluding hydrogens is 364 g/mol. The van der Waals surface area contributed by atoms with Crippen molar-refractivity contribution in [1.82, 2.24) is 0 Å². The maximum atomic E-state index is 12.4. The number of hydrogen-bond donors (Lipinski definition) is 0. The Hall–Kier alpha value is -3.42. The van der Waals surface area contributed by atoms with Crippen LogP contribution < -0.4 is 9.64 Å². The molecule has 0 aliphatic carbocycles. The number of nitro groups is 1. The molecule has 1 aliphatic heterocycles. The van der Waals surface area contributed by atoms with E-state index in [-0.39, 0.29) is 31.2 Å². The van der Waals surface area contributed by atoms with Crippen LogP contribution in [0, 0.1) is 23.0 Å². The van der Waals surface area contributed by atoms with Gasteiger partial charge in [0.2, 0.25) is 5.91 Å². The maximum Gasteiger partial charge on any atom is 0.311 e. The standard InChI is InChI=1S/C20H20N2O6/c1-13-3-8-18(27-2)17(9-13)21-11-15(10-19(21)23)20(24)28-12-14-4-6-16(7-5-14)22(25)26/h3-9,15H,10-12H2,1-2H3/t15-/m0/s1. The Labute approximate surface area is 161 Å². The number of ether oxygens (including phenoxy) is 2. The van der Waals surface area contributed by atoms with Crippen molar-refractivity contribution in [2.75, 3.05) is 18.6 Å². The van der Waals surface area contributed by atoms with Crippen LogP contribution in [0.4, 0.5) is 11.4 Å². The van der Waals surface area contributed by atoms with Gasteiger partial charge in [-0.3, -0.25) is 19.7 Å². The van der Waals surface area contributed by atoms with Gasteiger partial charge in [-0.25, -0.2) is 0 Å². The van der Waals surface area contributed by atoms with Gasteiger partial charge in [0.25, 0.3) is 5.69 Å². The van der Waals surface area contributed by atoms with Gasteiger partial charge in [-0.05, 0) is 42.3 Å². The summed E-state index contributed by atoms with van der Waals surface area (Å²) in [4.78, 5) is 36.6. The van der Waals surface area contributed by atoms with Crippen molar-refractivity contribution in [3.63, 3.8) is 0 Å². The van der Waals surface area contributed by atoms with Gasteiger partial charge in [-0.2, -0.15) is 0 Å². The smallest absolute Gasteiger partial charge is 0.311 e. The lowest BCUT2D eigenvalue weighted by Crippen LogP contribution is -2.27. The van der Waals surface area contributed by atoms with E-state index in [2.05, 4.69) is 0 Å². The number of benzene rings is 2. The highest BCUT2D eigenvalue weighted by Crippen LogP contribution is 2.34. The van der Waals surface area contributed by atoms with Crippen molar-refractivity contribution in [2.45, 2.75) is 20.0 Å². The molecule has 1 aliphatic rings. The second-order valence-electron chi connectivity index (χ2n) is 6.61. The van der Waals surface area contributed by atoms with E-state index >= 15 is 0 Å². The molecular formula is C20H20N2O6. The van der Waals surface area contributed by atoms with Crippen molar-refractivity contribution < 1.29 is 24.0 Å². The summed E-state index contributed by atoms with van der Waals surface area (Å²) < 4.78 is 10.6. The molecule has 1 heterocycles. The summed E-state index contributed by atoms with van der Waals surface area (Å²) in [6, 6.07) is 11.3. The zero-order valence-electron chi connectivity index (χ0n) is 15.6. The number of esters is 1. The SMILES string of the molecule is COc1ccc(C)cc1N1C[C@@H](C(=O)OCc2ccc([N+](=O)[O-])cc2)CC1=O. The quantitative estimate of drug-likeness (QED) is 0.431. The van der Waals surface area contributed by atoms with Crippen LogP contribution in [0.3, 0.4) is 0 Å². The summed E-state index contributed by atoms with van der Waals surface area (Å²) in [5.74, 6) is -0.642. The minimum atomic E-state index is -0.573. The van der Waals surface area contributed by atoms with Gasteiger partial charge >= 0.3 is 5.97 Å². The largest absolute Gasteiger partial charge is 0.495 e. The number of carbonyl (C=O) groups is 2. The highest BCUT2D eigenvalue weighted by Gasteiger charge is 2.37. The lowest BCUT2D eigenvalue weighted by Gasteiger charge is -2.20. The van der Waals surface area contributed by atoms with Crippen LogP contribution >= 0.6 is 0 Å². The first-order valence-electron chi connectivity index (χ1n) is 8.74. The molecule has 2 aromatic carbocycles. The average molecular weight is 384 g/mol. The Kier molecular flexibility index (Phi) is 5.58. The first-order valence-corrected chi connectivity index (χ1v) is 8.74. The number of carbonyl (C=O) groups excluding carboxylic acids is 2. The van der Waals surface area contributed by atoms with E-state index < -0.39 is 16.8 Å². The molecule has 146 valence electrons. The molecule has 1 fully saturated rings. The zero-order valence-corrected chi connectivity index (χ0v) is 15.6. The van der Waals surface area contributed by atoms with Gasteiger partial charge in [0.1, 0.15) is 12.4 Å². The fourth-order valence-corrected chi connectivity index (χ4v) is 3.10. The lowest BCUT2D eigenvalue weighted by atomic mass is 10.1. The van der Waals surface area contributed by atoms with Gasteiger partial charge < -0.3 is 14.4 Å². The number of nitrogens with zero attached hydrogens (tertiary/aromatic N) is 2. The van der Waals surface area contributed by atoms with Crippen molar-refractivity contribution in [3.05, 3.63) is 63.7 Å². The molecule has 0 radical (unpaired) electrons. The Morgan fingerprint density at radius 1 is 1.25 bits per heavy atom. The van der Waals surface area contributed by atoms with Crippen LogP contribution in [-0.4, -0.2) is 30.5 Å². The van der Waals surface area contributed by atoms with Gasteiger partial charge in [0.15, 0.2) is 0 Å². The van der Waals surface area contributed by atoms with Gasteiger partial charge in [-0.1, -0.05) is 6.07 Å². The molecule has 2 aromatic rings. The fraction of sp³-hybridized carbons (Fsp3) is 0.300. The summed E-state index contributed by atoms with van der Waals surface area (Å²) in [6.07, 6.45) is 0.0657. The maximum absolute atomic E-state index is 12.4. The van der Waals surface area contributed by atoms with Crippen LogP contribution in [0.5, 0.6) is 5.75 Å².